The van der Waals surface area contributed by atoms with E-state index >= 15 is 0 Å². The number of hydrogen-bond donors (Lipinski definition) is 2. The molecule has 6 nitrogen and oxygen atoms in total. The number of nitrogens with zero attached hydrogens (tertiary/aromatic N) is 2. The monoisotopic (exact) mass is 530 g/mol. The summed E-state index contributed by atoms with van der Waals surface area (Å²) in [4.78, 5) is 19.8. The van der Waals surface area contributed by atoms with Crippen molar-refractivity contribution in [1.29, 1.82) is 0 Å². The molecule has 0 bridgehead atoms. The van der Waals surface area contributed by atoms with Gasteiger partial charge in [0, 0.05) is 47.5 Å². The third kappa shape index (κ3) is 6.95. The second kappa shape index (κ2) is 12.7. The van der Waals surface area contributed by atoms with E-state index in [1.165, 1.54) is 0 Å². The molecular formula is C31H35ClN4O2. The SMILES string of the molecule is COc1cc(NC(C)CCCN(Cc2ccc(Cl)cc2)C(=O)Nc2c(C)cccc2C)c2ncccc2c1. The number of aryl methyl sites for hydroxylation is 2. The molecule has 2 amide bonds. The smallest absolute Gasteiger partial charge is 0.322 e. The Kier molecular flexibility index (Phi) is 9.08. The van der Waals surface area contributed by atoms with E-state index in [0.29, 0.717) is 18.1 Å². The zero-order valence-electron chi connectivity index (χ0n) is 22.4. The zero-order chi connectivity index (χ0) is 27.1. The fraction of sp³-hybridized carbons (Fsp3) is 0.290. The summed E-state index contributed by atoms with van der Waals surface area (Å²) in [5.41, 5.74) is 5.84. The van der Waals surface area contributed by atoms with Crippen molar-refractivity contribution in [3.8, 4) is 5.75 Å². The number of amides is 2. The van der Waals surface area contributed by atoms with Crippen LogP contribution >= 0.6 is 11.6 Å². The fourth-order valence-electron chi connectivity index (χ4n) is 4.58. The molecule has 4 rings (SSSR count). The number of anilines is 2. The number of nitrogens with one attached hydrogen (secondary N) is 2. The maximum absolute atomic E-state index is 13.4. The highest BCUT2D eigenvalue weighted by molar-refractivity contribution is 6.30. The van der Waals surface area contributed by atoms with E-state index in [4.69, 9.17) is 16.3 Å². The molecule has 1 aromatic heterocycles. The second-order valence-corrected chi connectivity index (χ2v) is 10.1. The predicted molar refractivity (Wildman–Crippen MR) is 157 cm³/mol. The molecule has 0 saturated heterocycles. The number of benzene rings is 3. The number of fused-ring (bicyclic) bond motifs is 1. The summed E-state index contributed by atoms with van der Waals surface area (Å²) in [5, 5.41) is 8.45. The zero-order valence-corrected chi connectivity index (χ0v) is 23.2. The van der Waals surface area contributed by atoms with Crippen LogP contribution in [0.15, 0.2) is 72.9 Å². The topological polar surface area (TPSA) is 66.5 Å². The van der Waals surface area contributed by atoms with Gasteiger partial charge in [-0.3, -0.25) is 4.98 Å². The lowest BCUT2D eigenvalue weighted by atomic mass is 10.1. The molecular weight excluding hydrogens is 496 g/mol. The van der Waals surface area contributed by atoms with Gasteiger partial charge in [0.2, 0.25) is 0 Å². The van der Waals surface area contributed by atoms with Gasteiger partial charge < -0.3 is 20.3 Å². The number of urea groups is 1. The van der Waals surface area contributed by atoms with Gasteiger partial charge in [-0.25, -0.2) is 4.79 Å². The van der Waals surface area contributed by atoms with Crippen molar-refractivity contribution in [3.63, 3.8) is 0 Å². The average molecular weight is 531 g/mol. The first kappa shape index (κ1) is 27.3. The Morgan fingerprint density at radius 3 is 2.50 bits per heavy atom. The molecule has 0 spiro atoms. The Morgan fingerprint density at radius 2 is 1.79 bits per heavy atom. The molecule has 0 fully saturated rings. The van der Waals surface area contributed by atoms with E-state index < -0.39 is 0 Å². The summed E-state index contributed by atoms with van der Waals surface area (Å²) in [5.74, 6) is 0.789. The van der Waals surface area contributed by atoms with Crippen molar-refractivity contribution in [1.82, 2.24) is 9.88 Å². The highest BCUT2D eigenvalue weighted by Crippen LogP contribution is 2.28. The summed E-state index contributed by atoms with van der Waals surface area (Å²) in [7, 11) is 1.67. The first-order chi connectivity index (χ1) is 18.3. The number of carbonyl (C=O) groups is 1. The van der Waals surface area contributed by atoms with Gasteiger partial charge in [0.05, 0.1) is 18.3 Å². The van der Waals surface area contributed by atoms with Crippen LogP contribution in [0.4, 0.5) is 16.2 Å². The number of para-hydroxylation sites is 1. The molecule has 38 heavy (non-hydrogen) atoms. The number of hydrogen-bond acceptors (Lipinski definition) is 4. The van der Waals surface area contributed by atoms with Gasteiger partial charge in [-0.15, -0.1) is 0 Å². The molecule has 2 N–H and O–H groups in total. The van der Waals surface area contributed by atoms with Crippen molar-refractivity contribution in [3.05, 3.63) is 94.6 Å². The van der Waals surface area contributed by atoms with Crippen molar-refractivity contribution in [2.24, 2.45) is 0 Å². The highest BCUT2D eigenvalue weighted by atomic mass is 35.5. The fourth-order valence-corrected chi connectivity index (χ4v) is 4.70. The third-order valence-electron chi connectivity index (χ3n) is 6.67. The Morgan fingerprint density at radius 1 is 1.05 bits per heavy atom. The molecule has 0 radical (unpaired) electrons. The first-order valence-electron chi connectivity index (χ1n) is 12.9. The molecule has 1 heterocycles. The molecule has 0 aliphatic carbocycles. The molecule has 3 aromatic carbocycles. The largest absolute Gasteiger partial charge is 0.497 e. The highest BCUT2D eigenvalue weighted by Gasteiger charge is 2.17. The number of pyridine rings is 1. The van der Waals surface area contributed by atoms with Crippen molar-refractivity contribution in [2.75, 3.05) is 24.3 Å². The Hall–Kier alpha value is -3.77. The van der Waals surface area contributed by atoms with Crippen molar-refractivity contribution in [2.45, 2.75) is 46.2 Å². The van der Waals surface area contributed by atoms with Crippen LogP contribution in [-0.2, 0) is 6.54 Å². The normalized spacial score (nSPS) is 11.7. The van der Waals surface area contributed by atoms with Gasteiger partial charge >= 0.3 is 6.03 Å². The number of methoxy groups -OCH3 is 1. The molecule has 198 valence electrons. The first-order valence-corrected chi connectivity index (χ1v) is 13.3. The number of aromatic nitrogens is 1. The van der Waals surface area contributed by atoms with E-state index in [1.54, 1.807) is 13.3 Å². The second-order valence-electron chi connectivity index (χ2n) is 9.68. The molecule has 7 heteroatoms. The van der Waals surface area contributed by atoms with Crippen LogP contribution in [0.2, 0.25) is 5.02 Å². The summed E-state index contributed by atoms with van der Waals surface area (Å²) < 4.78 is 5.49. The minimum atomic E-state index is -0.110. The van der Waals surface area contributed by atoms with Crippen molar-refractivity contribution < 1.29 is 9.53 Å². The van der Waals surface area contributed by atoms with Crippen LogP contribution in [0.3, 0.4) is 0 Å². The van der Waals surface area contributed by atoms with E-state index in [2.05, 4.69) is 22.5 Å². The Balaban J connectivity index is 1.44. The maximum Gasteiger partial charge on any atom is 0.322 e. The lowest BCUT2D eigenvalue weighted by Crippen LogP contribution is -2.36. The molecule has 0 aliphatic heterocycles. The summed E-state index contributed by atoms with van der Waals surface area (Å²) >= 11 is 6.08. The average Bonchev–Trinajstić information content (AvgIpc) is 2.91. The van der Waals surface area contributed by atoms with Gasteiger partial charge in [0.25, 0.3) is 0 Å². The molecule has 0 aliphatic rings. The van der Waals surface area contributed by atoms with Gasteiger partial charge in [-0.05, 0) is 74.6 Å². The number of rotatable bonds is 10. The molecule has 1 unspecified atom stereocenters. The summed E-state index contributed by atoms with van der Waals surface area (Å²) in [6.45, 7) is 7.28. The van der Waals surface area contributed by atoms with Crippen LogP contribution < -0.4 is 15.4 Å². The molecule has 0 saturated carbocycles. The van der Waals surface area contributed by atoms with Crippen LogP contribution in [0, 0.1) is 13.8 Å². The van der Waals surface area contributed by atoms with E-state index in [9.17, 15) is 4.79 Å². The third-order valence-corrected chi connectivity index (χ3v) is 6.92. The van der Waals surface area contributed by atoms with Crippen LogP contribution in [0.5, 0.6) is 5.75 Å². The summed E-state index contributed by atoms with van der Waals surface area (Å²) in [6, 6.07) is 21.7. The lowest BCUT2D eigenvalue weighted by Gasteiger charge is -2.25. The van der Waals surface area contributed by atoms with Crippen LogP contribution in [0.25, 0.3) is 10.9 Å². The van der Waals surface area contributed by atoms with Crippen LogP contribution in [-0.4, -0.2) is 35.6 Å². The Bertz CT molecular complexity index is 1370. The van der Waals surface area contributed by atoms with Gasteiger partial charge in [-0.1, -0.05) is 48.0 Å². The number of carbonyl (C=O) groups excluding carboxylic acids is 1. The molecule has 4 aromatic rings. The van der Waals surface area contributed by atoms with E-state index in [1.807, 2.05) is 85.5 Å². The lowest BCUT2D eigenvalue weighted by molar-refractivity contribution is 0.207. The van der Waals surface area contributed by atoms with E-state index in [0.717, 1.165) is 57.6 Å². The number of ether oxygens (including phenoxy) is 1. The Labute approximate surface area is 230 Å². The quantitative estimate of drug-likeness (QED) is 0.219. The minimum Gasteiger partial charge on any atom is -0.497 e. The number of halogens is 1. The maximum atomic E-state index is 13.4. The summed E-state index contributed by atoms with van der Waals surface area (Å²) in [6.07, 6.45) is 3.50. The van der Waals surface area contributed by atoms with E-state index in [-0.39, 0.29) is 12.1 Å². The molecule has 1 atom stereocenters. The standard InChI is InChI=1S/C31H35ClN4O2/c1-21-8-5-9-22(2)29(21)35-31(37)36(20-24-12-14-26(32)15-13-24)17-7-10-23(3)34-28-19-27(38-4)18-25-11-6-16-33-30(25)28/h5-6,8-9,11-16,18-19,23,34H,7,10,17,20H2,1-4H3,(H,35,37). The van der Waals surface area contributed by atoms with Crippen molar-refractivity contribution >= 4 is 39.9 Å². The van der Waals surface area contributed by atoms with Gasteiger partial charge in [-0.2, -0.15) is 0 Å². The van der Waals surface area contributed by atoms with Crippen LogP contribution in [0.1, 0.15) is 36.5 Å². The van der Waals surface area contributed by atoms with Gasteiger partial charge in [0.15, 0.2) is 0 Å². The van der Waals surface area contributed by atoms with Gasteiger partial charge in [0.1, 0.15) is 5.75 Å². The minimum absolute atomic E-state index is 0.110. The predicted octanol–water partition coefficient (Wildman–Crippen LogP) is 7.83.